The molecule has 1 aromatic rings. The third kappa shape index (κ3) is 1.74. The van der Waals surface area contributed by atoms with Crippen molar-refractivity contribution in [2.24, 2.45) is 5.92 Å². The fraction of sp³-hybridized carbons (Fsp3) is 0.615. The fourth-order valence-corrected chi connectivity index (χ4v) is 3.19. The van der Waals surface area contributed by atoms with Crippen LogP contribution >= 0.6 is 0 Å². The van der Waals surface area contributed by atoms with Gasteiger partial charge in [-0.3, -0.25) is 4.98 Å². The van der Waals surface area contributed by atoms with E-state index in [4.69, 9.17) is 9.47 Å². The SMILES string of the molecule is c1nc(CN[C@H]2CN3CC[C@@H]2C3)cc2c1OCO2. The van der Waals surface area contributed by atoms with E-state index in [9.17, 15) is 0 Å². The second kappa shape index (κ2) is 4.10. The Kier molecular flexibility index (Phi) is 2.41. The molecule has 4 rings (SSSR count). The van der Waals surface area contributed by atoms with Crippen molar-refractivity contribution < 1.29 is 9.47 Å². The highest BCUT2D eigenvalue weighted by Gasteiger charge is 2.37. The zero-order valence-electron chi connectivity index (χ0n) is 10.3. The second-order valence-corrected chi connectivity index (χ2v) is 5.32. The van der Waals surface area contributed by atoms with Gasteiger partial charge >= 0.3 is 0 Å². The summed E-state index contributed by atoms with van der Waals surface area (Å²) in [6.07, 6.45) is 3.09. The topological polar surface area (TPSA) is 46.6 Å². The summed E-state index contributed by atoms with van der Waals surface area (Å²) < 4.78 is 10.6. The van der Waals surface area contributed by atoms with Gasteiger partial charge in [-0.25, -0.2) is 0 Å². The van der Waals surface area contributed by atoms with Gasteiger partial charge in [-0.15, -0.1) is 0 Å². The Balaban J connectivity index is 1.40. The monoisotopic (exact) mass is 247 g/mol. The molecule has 0 aliphatic carbocycles. The maximum Gasteiger partial charge on any atom is 0.231 e. The molecule has 2 saturated heterocycles. The van der Waals surface area contributed by atoms with Crippen LogP contribution in [0.25, 0.3) is 0 Å². The van der Waals surface area contributed by atoms with E-state index in [1.54, 1.807) is 6.20 Å². The molecule has 0 spiro atoms. The van der Waals surface area contributed by atoms with Gasteiger partial charge in [0.2, 0.25) is 6.79 Å². The van der Waals surface area contributed by atoms with Crippen molar-refractivity contribution in [3.05, 3.63) is 18.0 Å². The Morgan fingerprint density at radius 1 is 1.33 bits per heavy atom. The minimum Gasteiger partial charge on any atom is -0.453 e. The van der Waals surface area contributed by atoms with Gasteiger partial charge in [0.1, 0.15) is 0 Å². The average Bonchev–Trinajstić information content (AvgIpc) is 3.11. The maximum absolute atomic E-state index is 5.36. The van der Waals surface area contributed by atoms with Gasteiger partial charge in [-0.05, 0) is 18.9 Å². The normalized spacial score (nSPS) is 32.1. The van der Waals surface area contributed by atoms with Crippen LogP contribution in [0.4, 0.5) is 0 Å². The van der Waals surface area contributed by atoms with E-state index in [0.29, 0.717) is 12.8 Å². The summed E-state index contributed by atoms with van der Waals surface area (Å²) in [7, 11) is 0. The number of piperidine rings is 1. The maximum atomic E-state index is 5.36. The average molecular weight is 247 g/mol. The summed E-state index contributed by atoms with van der Waals surface area (Å²) >= 11 is 0. The number of nitrogens with one attached hydrogen (secondary N) is 1. The van der Waals surface area contributed by atoms with Crippen molar-refractivity contribution in [1.82, 2.24) is 15.2 Å². The second-order valence-electron chi connectivity index (χ2n) is 5.32. The predicted molar refractivity (Wildman–Crippen MR) is 65.5 cm³/mol. The van der Waals surface area contributed by atoms with Crippen molar-refractivity contribution in [2.45, 2.75) is 19.0 Å². The number of fused-ring (bicyclic) bond motifs is 3. The largest absolute Gasteiger partial charge is 0.453 e. The van der Waals surface area contributed by atoms with Gasteiger partial charge in [0.15, 0.2) is 11.5 Å². The van der Waals surface area contributed by atoms with Crippen molar-refractivity contribution in [3.8, 4) is 11.5 Å². The van der Waals surface area contributed by atoms with Crippen molar-refractivity contribution in [1.29, 1.82) is 0 Å². The smallest absolute Gasteiger partial charge is 0.231 e. The Labute approximate surface area is 106 Å². The molecule has 18 heavy (non-hydrogen) atoms. The van der Waals surface area contributed by atoms with Crippen LogP contribution in [-0.2, 0) is 6.54 Å². The molecule has 0 radical (unpaired) electrons. The molecule has 2 fully saturated rings. The van der Waals surface area contributed by atoms with Crippen LogP contribution in [0.1, 0.15) is 12.1 Å². The Morgan fingerprint density at radius 3 is 3.11 bits per heavy atom. The highest BCUT2D eigenvalue weighted by atomic mass is 16.7. The number of nitrogens with zero attached hydrogens (tertiary/aromatic N) is 2. The third-order valence-electron chi connectivity index (χ3n) is 4.20. The van der Waals surface area contributed by atoms with Crippen LogP contribution in [-0.4, -0.2) is 42.4 Å². The molecule has 1 N–H and O–H groups in total. The first-order valence-electron chi connectivity index (χ1n) is 6.59. The van der Waals surface area contributed by atoms with Crippen LogP contribution in [0.5, 0.6) is 11.5 Å². The molecule has 1 unspecified atom stereocenters. The summed E-state index contributed by atoms with van der Waals surface area (Å²) in [5.74, 6) is 2.40. The molecular formula is C13H17N3O2. The van der Waals surface area contributed by atoms with Gasteiger partial charge in [-0.2, -0.15) is 0 Å². The van der Waals surface area contributed by atoms with E-state index in [1.807, 2.05) is 6.07 Å². The lowest BCUT2D eigenvalue weighted by molar-refractivity contribution is 0.174. The van der Waals surface area contributed by atoms with Crippen LogP contribution in [0.15, 0.2) is 12.3 Å². The quantitative estimate of drug-likeness (QED) is 0.847. The summed E-state index contributed by atoms with van der Waals surface area (Å²) in [4.78, 5) is 6.93. The van der Waals surface area contributed by atoms with Gasteiger partial charge in [0.25, 0.3) is 0 Å². The van der Waals surface area contributed by atoms with Gasteiger partial charge in [0, 0.05) is 31.7 Å². The summed E-state index contributed by atoms with van der Waals surface area (Å²) in [6.45, 7) is 4.87. The summed E-state index contributed by atoms with van der Waals surface area (Å²) in [5.41, 5.74) is 1.03. The van der Waals surface area contributed by atoms with E-state index in [1.165, 1.54) is 26.1 Å². The van der Waals surface area contributed by atoms with E-state index < -0.39 is 0 Å². The number of hydrogen-bond donors (Lipinski definition) is 1. The molecule has 3 aliphatic heterocycles. The zero-order valence-corrected chi connectivity index (χ0v) is 10.3. The van der Waals surface area contributed by atoms with Crippen molar-refractivity contribution in [3.63, 3.8) is 0 Å². The highest BCUT2D eigenvalue weighted by molar-refractivity contribution is 5.40. The molecular weight excluding hydrogens is 230 g/mol. The lowest BCUT2D eigenvalue weighted by Crippen LogP contribution is -2.39. The van der Waals surface area contributed by atoms with E-state index in [-0.39, 0.29) is 0 Å². The first-order valence-corrected chi connectivity index (χ1v) is 6.59. The van der Waals surface area contributed by atoms with Crippen LogP contribution in [0, 0.1) is 5.92 Å². The molecule has 5 nitrogen and oxygen atoms in total. The molecule has 3 atom stereocenters. The molecule has 0 saturated carbocycles. The molecule has 0 amide bonds. The van der Waals surface area contributed by atoms with Crippen molar-refractivity contribution in [2.75, 3.05) is 26.4 Å². The molecule has 4 heterocycles. The first-order chi connectivity index (χ1) is 8.88. The lowest BCUT2D eigenvalue weighted by Gasteiger charge is -2.23. The minimum atomic E-state index is 0.313. The number of rotatable bonds is 3. The number of pyridine rings is 1. The van der Waals surface area contributed by atoms with Crippen LogP contribution < -0.4 is 14.8 Å². The number of ether oxygens (including phenoxy) is 2. The summed E-state index contributed by atoms with van der Waals surface area (Å²) in [6, 6.07) is 2.61. The molecule has 96 valence electrons. The minimum absolute atomic E-state index is 0.313. The van der Waals surface area contributed by atoms with Crippen molar-refractivity contribution >= 4 is 0 Å². The Hall–Kier alpha value is -1.33. The predicted octanol–water partition coefficient (Wildman–Crippen LogP) is 0.604. The molecule has 2 bridgehead atoms. The van der Waals surface area contributed by atoms with E-state index in [2.05, 4.69) is 15.2 Å². The van der Waals surface area contributed by atoms with Crippen LogP contribution in [0.3, 0.4) is 0 Å². The van der Waals surface area contributed by atoms with E-state index >= 15 is 0 Å². The Bertz CT molecular complexity index is 466. The zero-order chi connectivity index (χ0) is 11.9. The highest BCUT2D eigenvalue weighted by Crippen LogP contribution is 2.31. The lowest BCUT2D eigenvalue weighted by atomic mass is 10.00. The number of aromatic nitrogens is 1. The molecule has 0 aromatic carbocycles. The number of hydrogen-bond acceptors (Lipinski definition) is 5. The molecule has 1 aromatic heterocycles. The summed E-state index contributed by atoms with van der Waals surface area (Å²) in [5, 5.41) is 3.62. The first kappa shape index (κ1) is 10.6. The van der Waals surface area contributed by atoms with Gasteiger partial charge in [0.05, 0.1) is 11.9 Å². The van der Waals surface area contributed by atoms with E-state index in [0.717, 1.165) is 29.7 Å². The third-order valence-corrected chi connectivity index (χ3v) is 4.20. The molecule has 3 aliphatic rings. The fourth-order valence-electron chi connectivity index (χ4n) is 3.19. The van der Waals surface area contributed by atoms with Gasteiger partial charge < -0.3 is 19.7 Å². The Morgan fingerprint density at radius 2 is 2.28 bits per heavy atom. The van der Waals surface area contributed by atoms with Crippen LogP contribution in [0.2, 0.25) is 0 Å². The standard InChI is InChI=1S/C13H17N3O2/c1-2-16-6-9(1)11(7-16)15-4-10-3-12-13(5-14-10)18-8-17-12/h3,5,9,11,15H,1-2,4,6-8H2/t9-,11+/m1/s1. The molecule has 5 heteroatoms. The van der Waals surface area contributed by atoms with Gasteiger partial charge in [-0.1, -0.05) is 0 Å².